The van der Waals surface area contributed by atoms with Crippen molar-refractivity contribution in [2.45, 2.75) is 33.1 Å². The number of hydrogen-bond donors (Lipinski definition) is 0. The first kappa shape index (κ1) is 11.9. The van der Waals surface area contributed by atoms with Crippen LogP contribution in [0.15, 0.2) is 0 Å². The molecule has 1 heterocycles. The molecule has 0 spiro atoms. The molecule has 0 atom stereocenters. The molecule has 0 saturated carbocycles. The van der Waals surface area contributed by atoms with E-state index >= 15 is 0 Å². The van der Waals surface area contributed by atoms with Gasteiger partial charge in [0.1, 0.15) is 6.61 Å². The van der Waals surface area contributed by atoms with Crippen LogP contribution in [0.1, 0.15) is 28.9 Å². The van der Waals surface area contributed by atoms with Crippen molar-refractivity contribution >= 4 is 11.3 Å². The second-order valence-electron chi connectivity index (χ2n) is 3.17. The molecule has 6 heteroatoms. The molecule has 0 radical (unpaired) electrons. The van der Waals surface area contributed by atoms with E-state index in [4.69, 9.17) is 0 Å². The minimum atomic E-state index is -0.761. The van der Waals surface area contributed by atoms with E-state index in [0.717, 1.165) is 28.4 Å². The maximum absolute atomic E-state index is 9.95. The Morgan fingerprint density at radius 1 is 1.53 bits per heavy atom. The molecule has 0 amide bonds. The molecule has 0 aliphatic heterocycles. The number of rotatable bonds is 6. The molecule has 0 unspecified atom stereocenters. The first-order valence-electron chi connectivity index (χ1n) is 4.86. The molecule has 1 aromatic heterocycles. The van der Waals surface area contributed by atoms with Gasteiger partial charge in [-0.05, 0) is 19.8 Å². The zero-order chi connectivity index (χ0) is 11.3. The largest absolute Gasteiger partial charge is 0.314 e. The van der Waals surface area contributed by atoms with Crippen molar-refractivity contribution in [3.05, 3.63) is 25.7 Å². The zero-order valence-corrected chi connectivity index (χ0v) is 9.67. The fourth-order valence-corrected chi connectivity index (χ4v) is 2.41. The molecule has 1 rings (SSSR count). The summed E-state index contributed by atoms with van der Waals surface area (Å²) in [7, 11) is 0. The van der Waals surface area contributed by atoms with Crippen molar-refractivity contribution in [2.75, 3.05) is 6.61 Å². The van der Waals surface area contributed by atoms with Crippen LogP contribution in [-0.2, 0) is 17.7 Å². The molecule has 84 valence electrons. The number of nitrogens with zero attached hydrogens (tertiary/aromatic N) is 2. The number of aromatic nitrogens is 1. The summed E-state index contributed by atoms with van der Waals surface area (Å²) in [4.78, 5) is 19.7. The summed E-state index contributed by atoms with van der Waals surface area (Å²) < 4.78 is 0. The molecule has 5 nitrogen and oxygen atoms in total. The van der Waals surface area contributed by atoms with Crippen molar-refractivity contribution in [1.29, 1.82) is 0 Å². The molecule has 0 saturated heterocycles. The molecule has 0 aliphatic rings. The van der Waals surface area contributed by atoms with Crippen molar-refractivity contribution < 1.29 is 9.92 Å². The van der Waals surface area contributed by atoms with Crippen LogP contribution in [0.2, 0.25) is 0 Å². The van der Waals surface area contributed by atoms with Gasteiger partial charge in [-0.2, -0.15) is 0 Å². The maximum Gasteiger partial charge on any atom is 0.294 e. The van der Waals surface area contributed by atoms with E-state index in [2.05, 4.69) is 16.7 Å². The lowest BCUT2D eigenvalue weighted by Gasteiger charge is -1.96. The minimum Gasteiger partial charge on any atom is -0.314 e. The van der Waals surface area contributed by atoms with Crippen molar-refractivity contribution in [3.63, 3.8) is 0 Å². The van der Waals surface area contributed by atoms with Crippen molar-refractivity contribution in [1.82, 2.24) is 4.98 Å². The van der Waals surface area contributed by atoms with Crippen LogP contribution in [0.25, 0.3) is 0 Å². The molecule has 0 N–H and O–H groups in total. The molecule has 0 fully saturated rings. The van der Waals surface area contributed by atoms with Gasteiger partial charge < -0.3 is 4.84 Å². The number of aryl methyl sites for hydroxylation is 2. The highest BCUT2D eigenvalue weighted by molar-refractivity contribution is 7.11. The first-order valence-corrected chi connectivity index (χ1v) is 5.67. The third-order valence-electron chi connectivity index (χ3n) is 1.93. The number of thiazole rings is 1. The molecule has 15 heavy (non-hydrogen) atoms. The highest BCUT2D eigenvalue weighted by Crippen LogP contribution is 2.19. The van der Waals surface area contributed by atoms with Gasteiger partial charge >= 0.3 is 0 Å². The molecular weight excluding hydrogens is 216 g/mol. The summed E-state index contributed by atoms with van der Waals surface area (Å²) in [5, 5.41) is 10.3. The van der Waals surface area contributed by atoms with Gasteiger partial charge in [0.15, 0.2) is 0 Å². The summed E-state index contributed by atoms with van der Waals surface area (Å²) >= 11 is 1.62. The average Bonchev–Trinajstić information content (AvgIpc) is 2.47. The van der Waals surface area contributed by atoms with Gasteiger partial charge in [0.25, 0.3) is 5.09 Å². The Hall–Kier alpha value is -1.17. The van der Waals surface area contributed by atoms with Crippen LogP contribution in [0, 0.1) is 17.0 Å². The minimum absolute atomic E-state index is 0.113. The van der Waals surface area contributed by atoms with Crippen molar-refractivity contribution in [3.8, 4) is 0 Å². The SMILES string of the molecule is CCCc1nc(C)c(CCO[N+](=O)[O-])s1. The lowest BCUT2D eigenvalue weighted by atomic mass is 10.3. The molecule has 0 aliphatic carbocycles. The highest BCUT2D eigenvalue weighted by atomic mass is 32.1. The Balaban J connectivity index is 2.49. The molecule has 1 aromatic rings. The van der Waals surface area contributed by atoms with Gasteiger partial charge in [0, 0.05) is 11.3 Å². The van der Waals surface area contributed by atoms with E-state index in [9.17, 15) is 10.1 Å². The smallest absolute Gasteiger partial charge is 0.294 e. The standard InChI is InChI=1S/C9H14N2O3S/c1-3-4-9-10-7(2)8(15-9)5-6-14-11(12)13/h3-6H2,1-2H3. The van der Waals surface area contributed by atoms with Gasteiger partial charge in [-0.3, -0.25) is 0 Å². The topological polar surface area (TPSA) is 65.3 Å². The normalized spacial score (nSPS) is 10.3. The maximum atomic E-state index is 9.95. The lowest BCUT2D eigenvalue weighted by molar-refractivity contribution is -0.757. The summed E-state index contributed by atoms with van der Waals surface area (Å²) in [5.74, 6) is 0. The predicted molar refractivity (Wildman–Crippen MR) is 57.5 cm³/mol. The Bertz CT molecular complexity index is 338. The Kier molecular flexibility index (Phi) is 4.48. The lowest BCUT2D eigenvalue weighted by Crippen LogP contribution is -2.04. The van der Waals surface area contributed by atoms with E-state index in [-0.39, 0.29) is 6.61 Å². The monoisotopic (exact) mass is 230 g/mol. The Labute approximate surface area is 92.2 Å². The van der Waals surface area contributed by atoms with Crippen molar-refractivity contribution in [2.24, 2.45) is 0 Å². The second-order valence-corrected chi connectivity index (χ2v) is 4.34. The summed E-state index contributed by atoms with van der Waals surface area (Å²) in [6.07, 6.45) is 2.60. The van der Waals surface area contributed by atoms with Crippen LogP contribution in [-0.4, -0.2) is 16.7 Å². The predicted octanol–water partition coefficient (Wildman–Crippen LogP) is 2.15. The van der Waals surface area contributed by atoms with E-state index < -0.39 is 5.09 Å². The average molecular weight is 230 g/mol. The molecule has 0 aromatic carbocycles. The van der Waals surface area contributed by atoms with Crippen LogP contribution < -0.4 is 0 Å². The summed E-state index contributed by atoms with van der Waals surface area (Å²) in [6.45, 7) is 4.14. The van der Waals surface area contributed by atoms with Crippen LogP contribution in [0.4, 0.5) is 0 Å². The highest BCUT2D eigenvalue weighted by Gasteiger charge is 2.07. The summed E-state index contributed by atoms with van der Waals surface area (Å²) in [6, 6.07) is 0. The van der Waals surface area contributed by atoms with E-state index in [1.165, 1.54) is 0 Å². The quantitative estimate of drug-likeness (QED) is 0.555. The Morgan fingerprint density at radius 2 is 2.27 bits per heavy atom. The second kappa shape index (κ2) is 5.65. The molecule has 0 bridgehead atoms. The van der Waals surface area contributed by atoms with Gasteiger partial charge in [0.2, 0.25) is 0 Å². The van der Waals surface area contributed by atoms with E-state index in [0.29, 0.717) is 6.42 Å². The zero-order valence-electron chi connectivity index (χ0n) is 8.86. The van der Waals surface area contributed by atoms with E-state index in [1.807, 2.05) is 6.92 Å². The molecular formula is C9H14N2O3S. The third-order valence-corrected chi connectivity index (χ3v) is 3.20. The Morgan fingerprint density at radius 3 is 2.87 bits per heavy atom. The summed E-state index contributed by atoms with van der Waals surface area (Å²) in [5.41, 5.74) is 0.968. The van der Waals surface area contributed by atoms with Gasteiger partial charge in [-0.1, -0.05) is 6.92 Å². The first-order chi connectivity index (χ1) is 7.13. The van der Waals surface area contributed by atoms with E-state index in [1.54, 1.807) is 11.3 Å². The fourth-order valence-electron chi connectivity index (χ4n) is 1.25. The number of hydrogen-bond acceptors (Lipinski definition) is 5. The fraction of sp³-hybridized carbons (Fsp3) is 0.667. The van der Waals surface area contributed by atoms with Crippen LogP contribution >= 0.6 is 11.3 Å². The van der Waals surface area contributed by atoms with Crippen LogP contribution in [0.3, 0.4) is 0 Å². The van der Waals surface area contributed by atoms with Gasteiger partial charge in [-0.15, -0.1) is 21.5 Å². The van der Waals surface area contributed by atoms with Gasteiger partial charge in [0.05, 0.1) is 10.7 Å². The van der Waals surface area contributed by atoms with Crippen LogP contribution in [0.5, 0.6) is 0 Å². The third kappa shape index (κ3) is 3.83. The van der Waals surface area contributed by atoms with Gasteiger partial charge in [-0.25, -0.2) is 4.98 Å².